The molecule has 0 spiro atoms. The highest BCUT2D eigenvalue weighted by molar-refractivity contribution is 8.26. The topological polar surface area (TPSA) is 94.2 Å². The first-order chi connectivity index (χ1) is 14.3. The Morgan fingerprint density at radius 3 is 2.17 bits per heavy atom. The maximum atomic E-state index is 12.8. The van der Waals surface area contributed by atoms with Crippen molar-refractivity contribution < 1.29 is 27.4 Å². The van der Waals surface area contributed by atoms with Crippen LogP contribution in [0.5, 0.6) is 17.2 Å². The molecule has 1 aliphatic heterocycles. The Bertz CT molecular complexity index is 1090. The van der Waals surface area contributed by atoms with Gasteiger partial charge in [-0.2, -0.15) is 0 Å². The number of amides is 1. The third-order valence-electron chi connectivity index (χ3n) is 4.04. The molecule has 1 fully saturated rings. The first-order valence-electron chi connectivity index (χ1n) is 8.46. The third kappa shape index (κ3) is 4.43. The molecule has 2 aromatic rings. The molecular weight excluding hydrogens is 448 g/mol. The number of carbonyl (C=O) groups excluding carboxylic acids is 1. The van der Waals surface area contributed by atoms with Crippen molar-refractivity contribution in [2.45, 2.75) is 4.90 Å². The number of thiocarbonyl (C=S) groups is 1. The van der Waals surface area contributed by atoms with E-state index in [2.05, 4.69) is 4.83 Å². The normalized spacial score (nSPS) is 15.6. The molecule has 30 heavy (non-hydrogen) atoms. The zero-order chi connectivity index (χ0) is 21.9. The van der Waals surface area contributed by atoms with Crippen LogP contribution in [0.4, 0.5) is 0 Å². The Morgan fingerprint density at radius 1 is 1.03 bits per heavy atom. The van der Waals surface area contributed by atoms with Gasteiger partial charge in [-0.3, -0.25) is 4.79 Å². The summed E-state index contributed by atoms with van der Waals surface area (Å²) in [7, 11) is 0.494. The van der Waals surface area contributed by atoms with Crippen LogP contribution in [0.2, 0.25) is 0 Å². The number of sulfonamides is 1. The van der Waals surface area contributed by atoms with Gasteiger partial charge in [0.2, 0.25) is 5.75 Å². The van der Waals surface area contributed by atoms with Crippen molar-refractivity contribution >= 4 is 50.3 Å². The molecule has 3 rings (SSSR count). The molecule has 2 aromatic carbocycles. The number of methoxy groups -OCH3 is 3. The average Bonchev–Trinajstić information content (AvgIpc) is 3.00. The Hall–Kier alpha value is -2.60. The summed E-state index contributed by atoms with van der Waals surface area (Å²) >= 11 is 6.17. The van der Waals surface area contributed by atoms with Gasteiger partial charge in [0.25, 0.3) is 15.9 Å². The van der Waals surface area contributed by atoms with Gasteiger partial charge in [0, 0.05) is 0 Å². The van der Waals surface area contributed by atoms with Crippen LogP contribution in [-0.4, -0.2) is 45.0 Å². The molecule has 0 aliphatic carbocycles. The fourth-order valence-corrected chi connectivity index (χ4v) is 4.99. The molecule has 158 valence electrons. The van der Waals surface area contributed by atoms with Crippen molar-refractivity contribution in [3.63, 3.8) is 0 Å². The van der Waals surface area contributed by atoms with Gasteiger partial charge in [-0.25, -0.2) is 13.4 Å². The highest BCUT2D eigenvalue weighted by Crippen LogP contribution is 2.40. The maximum absolute atomic E-state index is 12.8. The van der Waals surface area contributed by atoms with Crippen LogP contribution in [0.3, 0.4) is 0 Å². The molecule has 1 amide bonds. The summed E-state index contributed by atoms with van der Waals surface area (Å²) in [6.07, 6.45) is 1.57. The number of hydrazine groups is 1. The molecule has 1 saturated heterocycles. The largest absolute Gasteiger partial charge is 0.493 e. The van der Waals surface area contributed by atoms with E-state index in [0.717, 1.165) is 16.8 Å². The van der Waals surface area contributed by atoms with E-state index in [9.17, 15) is 13.2 Å². The van der Waals surface area contributed by atoms with E-state index in [1.165, 1.54) is 33.5 Å². The summed E-state index contributed by atoms with van der Waals surface area (Å²) in [6.45, 7) is 0. The minimum Gasteiger partial charge on any atom is -0.493 e. The van der Waals surface area contributed by atoms with Gasteiger partial charge >= 0.3 is 0 Å². The number of nitrogens with one attached hydrogen (secondary N) is 1. The number of rotatable bonds is 7. The van der Waals surface area contributed by atoms with Gasteiger partial charge in [0.1, 0.15) is 0 Å². The zero-order valence-corrected chi connectivity index (χ0v) is 18.7. The highest BCUT2D eigenvalue weighted by Gasteiger charge is 2.35. The first-order valence-corrected chi connectivity index (χ1v) is 11.2. The number of benzene rings is 2. The standard InChI is InChI=1S/C19H18N2O6S3/c1-25-14-9-12(10-15(26-2)17(14)27-3)11-16-18(22)21(19(28)29-16)20-30(23,24)13-7-5-4-6-8-13/h4-11,20H,1-3H3. The summed E-state index contributed by atoms with van der Waals surface area (Å²) in [6, 6.07) is 11.0. The molecule has 8 nitrogen and oxygen atoms in total. The van der Waals surface area contributed by atoms with E-state index in [4.69, 9.17) is 26.4 Å². The summed E-state index contributed by atoms with van der Waals surface area (Å²) in [5.74, 6) is 0.672. The van der Waals surface area contributed by atoms with Crippen molar-refractivity contribution in [2.75, 3.05) is 21.3 Å². The molecule has 0 unspecified atom stereocenters. The van der Waals surface area contributed by atoms with Crippen molar-refractivity contribution in [3.8, 4) is 17.2 Å². The third-order valence-corrected chi connectivity index (χ3v) is 6.66. The van der Waals surface area contributed by atoms with E-state index in [1.54, 1.807) is 36.4 Å². The molecule has 0 bridgehead atoms. The lowest BCUT2D eigenvalue weighted by Crippen LogP contribution is -2.44. The summed E-state index contributed by atoms with van der Waals surface area (Å²) in [5.41, 5.74) is 0.593. The summed E-state index contributed by atoms with van der Waals surface area (Å²) < 4.78 is 41.1. The number of nitrogens with zero attached hydrogens (tertiary/aromatic N) is 1. The molecule has 1 heterocycles. The SMILES string of the molecule is COc1cc(C=C2SC(=S)N(NS(=O)(=O)c3ccccc3)C2=O)cc(OC)c1OC. The van der Waals surface area contributed by atoms with E-state index >= 15 is 0 Å². The van der Waals surface area contributed by atoms with Gasteiger partial charge in [0.15, 0.2) is 15.8 Å². The predicted molar refractivity (Wildman–Crippen MR) is 118 cm³/mol. The monoisotopic (exact) mass is 466 g/mol. The number of hydrogen-bond donors (Lipinski definition) is 1. The Balaban J connectivity index is 1.90. The van der Waals surface area contributed by atoms with E-state index < -0.39 is 15.9 Å². The van der Waals surface area contributed by atoms with Crippen molar-refractivity contribution in [3.05, 3.63) is 52.9 Å². The number of thioether (sulfide) groups is 1. The Morgan fingerprint density at radius 2 is 1.63 bits per heavy atom. The minimum atomic E-state index is -3.97. The van der Waals surface area contributed by atoms with Gasteiger partial charge < -0.3 is 14.2 Å². The molecule has 0 saturated carbocycles. The zero-order valence-electron chi connectivity index (χ0n) is 16.2. The lowest BCUT2D eigenvalue weighted by molar-refractivity contribution is -0.123. The molecule has 0 radical (unpaired) electrons. The van der Waals surface area contributed by atoms with Crippen molar-refractivity contribution in [1.82, 2.24) is 9.84 Å². The summed E-state index contributed by atoms with van der Waals surface area (Å²) in [4.78, 5) is 15.3. The molecule has 0 aromatic heterocycles. The van der Waals surface area contributed by atoms with Crippen LogP contribution in [0.25, 0.3) is 6.08 Å². The van der Waals surface area contributed by atoms with Crippen LogP contribution in [0.1, 0.15) is 5.56 Å². The second kappa shape index (κ2) is 9.04. The Kier molecular flexibility index (Phi) is 6.66. The first kappa shape index (κ1) is 22.1. The second-order valence-electron chi connectivity index (χ2n) is 5.88. The van der Waals surface area contributed by atoms with Gasteiger partial charge in [-0.1, -0.05) is 42.2 Å². The lowest BCUT2D eigenvalue weighted by Gasteiger charge is -2.16. The average molecular weight is 467 g/mol. The van der Waals surface area contributed by atoms with E-state index in [1.807, 2.05) is 0 Å². The van der Waals surface area contributed by atoms with Gasteiger partial charge in [-0.15, -0.1) is 4.83 Å². The highest BCUT2D eigenvalue weighted by atomic mass is 32.2. The molecule has 1 N–H and O–H groups in total. The predicted octanol–water partition coefficient (Wildman–Crippen LogP) is 2.81. The molecular formula is C19H18N2O6S3. The van der Waals surface area contributed by atoms with Gasteiger partial charge in [-0.05, 0) is 35.9 Å². The van der Waals surface area contributed by atoms with Crippen molar-refractivity contribution in [1.29, 1.82) is 0 Å². The van der Waals surface area contributed by atoms with Crippen LogP contribution in [-0.2, 0) is 14.8 Å². The molecule has 0 atom stereocenters. The fourth-order valence-electron chi connectivity index (χ4n) is 2.65. The van der Waals surface area contributed by atoms with Crippen molar-refractivity contribution in [2.24, 2.45) is 0 Å². The second-order valence-corrected chi connectivity index (χ2v) is 9.22. The number of ether oxygens (including phenoxy) is 3. The number of hydrogen-bond acceptors (Lipinski definition) is 8. The van der Waals surface area contributed by atoms with Crippen LogP contribution in [0, 0.1) is 0 Å². The van der Waals surface area contributed by atoms with E-state index in [-0.39, 0.29) is 14.1 Å². The van der Waals surface area contributed by atoms with Crippen LogP contribution < -0.4 is 19.0 Å². The number of carbonyl (C=O) groups is 1. The smallest absolute Gasteiger partial charge is 0.281 e. The minimum absolute atomic E-state index is 0.0210. The molecule has 1 aliphatic rings. The quantitative estimate of drug-likeness (QED) is 0.492. The van der Waals surface area contributed by atoms with Gasteiger partial charge in [0.05, 0.1) is 31.1 Å². The Labute approximate surface area is 183 Å². The fraction of sp³-hybridized carbons (Fsp3) is 0.158. The van der Waals surface area contributed by atoms with E-state index in [0.29, 0.717) is 22.8 Å². The van der Waals surface area contributed by atoms with Crippen LogP contribution in [0.15, 0.2) is 52.3 Å². The summed E-state index contributed by atoms with van der Waals surface area (Å²) in [5, 5.41) is 0.839. The lowest BCUT2D eigenvalue weighted by atomic mass is 10.1. The van der Waals surface area contributed by atoms with Crippen LogP contribution >= 0.6 is 24.0 Å². The maximum Gasteiger partial charge on any atom is 0.281 e. The molecule has 11 heteroatoms.